The molecular weight excluding hydrogens is 344 g/mol. The molecule has 0 bridgehead atoms. The number of esters is 1. The molecule has 2 atom stereocenters. The Bertz CT molecular complexity index is 812. The van der Waals surface area contributed by atoms with Gasteiger partial charge in [-0.2, -0.15) is 5.26 Å². The van der Waals surface area contributed by atoms with Crippen LogP contribution in [0.15, 0.2) is 54.6 Å². The van der Waals surface area contributed by atoms with Gasteiger partial charge in [0.1, 0.15) is 5.75 Å². The minimum atomic E-state index is -0.873. The molecule has 0 heterocycles. The monoisotopic (exact) mass is 366 g/mol. The van der Waals surface area contributed by atoms with Gasteiger partial charge >= 0.3 is 5.97 Å². The van der Waals surface area contributed by atoms with Crippen LogP contribution in [0, 0.1) is 11.3 Å². The molecule has 140 valence electrons. The van der Waals surface area contributed by atoms with Crippen molar-refractivity contribution in [2.75, 3.05) is 13.7 Å². The second-order valence-corrected chi connectivity index (χ2v) is 6.10. The van der Waals surface area contributed by atoms with Crippen LogP contribution in [0.3, 0.4) is 0 Å². The average molecular weight is 366 g/mol. The summed E-state index contributed by atoms with van der Waals surface area (Å²) in [7, 11) is 1.67. The first-order valence-electron chi connectivity index (χ1n) is 8.56. The number of rotatable bonds is 7. The maximum atomic E-state index is 12.3. The third kappa shape index (κ3) is 5.58. The van der Waals surface area contributed by atoms with Gasteiger partial charge in [0.05, 0.1) is 17.7 Å². The van der Waals surface area contributed by atoms with Crippen LogP contribution >= 0.6 is 0 Å². The predicted molar refractivity (Wildman–Crippen MR) is 99.8 cm³/mol. The highest BCUT2D eigenvalue weighted by Crippen LogP contribution is 2.18. The zero-order valence-corrected chi connectivity index (χ0v) is 15.6. The molecule has 2 aromatic rings. The minimum absolute atomic E-state index is 0.135. The van der Waals surface area contributed by atoms with Gasteiger partial charge in [0.15, 0.2) is 12.7 Å². The molecule has 0 N–H and O–H groups in total. The van der Waals surface area contributed by atoms with Gasteiger partial charge in [0, 0.05) is 7.05 Å². The topological polar surface area (TPSA) is 79.6 Å². The molecule has 0 unspecified atom stereocenters. The summed E-state index contributed by atoms with van der Waals surface area (Å²) in [6.07, 6.45) is -0.873. The van der Waals surface area contributed by atoms with Crippen molar-refractivity contribution in [3.63, 3.8) is 0 Å². The summed E-state index contributed by atoms with van der Waals surface area (Å²) in [6.45, 7) is 3.10. The van der Waals surface area contributed by atoms with Crippen LogP contribution in [-0.4, -0.2) is 36.5 Å². The molecule has 2 rings (SSSR count). The van der Waals surface area contributed by atoms with Gasteiger partial charge in [-0.05, 0) is 43.7 Å². The third-order valence-corrected chi connectivity index (χ3v) is 4.22. The number of hydrogen-bond donors (Lipinski definition) is 0. The Hall–Kier alpha value is -3.33. The van der Waals surface area contributed by atoms with E-state index in [2.05, 4.69) is 0 Å². The molecule has 0 aliphatic rings. The minimum Gasteiger partial charge on any atom is -0.479 e. The fraction of sp³-hybridized carbons (Fsp3) is 0.286. The van der Waals surface area contributed by atoms with Crippen LogP contribution in [0.2, 0.25) is 0 Å². The van der Waals surface area contributed by atoms with E-state index in [0.29, 0.717) is 11.3 Å². The van der Waals surface area contributed by atoms with Crippen molar-refractivity contribution < 1.29 is 19.1 Å². The maximum absolute atomic E-state index is 12.3. The lowest BCUT2D eigenvalue weighted by molar-refractivity contribution is -0.157. The Morgan fingerprint density at radius 2 is 1.70 bits per heavy atom. The summed E-state index contributed by atoms with van der Waals surface area (Å²) >= 11 is 0. The number of ether oxygens (including phenoxy) is 2. The van der Waals surface area contributed by atoms with Crippen LogP contribution in [0.1, 0.15) is 31.0 Å². The van der Waals surface area contributed by atoms with Crippen LogP contribution in [0.5, 0.6) is 5.75 Å². The van der Waals surface area contributed by atoms with E-state index >= 15 is 0 Å². The van der Waals surface area contributed by atoms with Crippen molar-refractivity contribution in [2.45, 2.75) is 26.0 Å². The van der Waals surface area contributed by atoms with Gasteiger partial charge in [-0.25, -0.2) is 4.79 Å². The first kappa shape index (κ1) is 20.0. The van der Waals surface area contributed by atoms with Crippen LogP contribution in [0.25, 0.3) is 0 Å². The Labute approximate surface area is 158 Å². The quantitative estimate of drug-likeness (QED) is 0.704. The molecule has 0 spiro atoms. The van der Waals surface area contributed by atoms with Crippen LogP contribution in [0.4, 0.5) is 0 Å². The van der Waals surface area contributed by atoms with Crippen molar-refractivity contribution in [3.8, 4) is 11.8 Å². The fourth-order valence-corrected chi connectivity index (χ4v) is 2.38. The molecule has 0 saturated heterocycles. The number of hydrogen-bond acceptors (Lipinski definition) is 5. The highest BCUT2D eigenvalue weighted by molar-refractivity contribution is 5.82. The first-order chi connectivity index (χ1) is 12.9. The van der Waals surface area contributed by atoms with E-state index in [1.165, 1.54) is 4.90 Å². The van der Waals surface area contributed by atoms with E-state index in [0.717, 1.165) is 5.56 Å². The fourth-order valence-electron chi connectivity index (χ4n) is 2.38. The maximum Gasteiger partial charge on any atom is 0.347 e. The summed E-state index contributed by atoms with van der Waals surface area (Å²) < 4.78 is 10.6. The highest BCUT2D eigenvalue weighted by atomic mass is 16.6. The van der Waals surface area contributed by atoms with Gasteiger partial charge < -0.3 is 14.4 Å². The van der Waals surface area contributed by atoms with Crippen molar-refractivity contribution in [3.05, 3.63) is 65.7 Å². The second-order valence-electron chi connectivity index (χ2n) is 6.10. The smallest absolute Gasteiger partial charge is 0.347 e. The van der Waals surface area contributed by atoms with E-state index < -0.39 is 12.1 Å². The summed E-state index contributed by atoms with van der Waals surface area (Å²) in [5, 5.41) is 8.78. The first-order valence-corrected chi connectivity index (χ1v) is 8.56. The van der Waals surface area contributed by atoms with Gasteiger partial charge in [0.25, 0.3) is 5.91 Å². The molecule has 1 amide bonds. The number of benzene rings is 2. The Kier molecular flexibility index (Phi) is 6.95. The van der Waals surface area contributed by atoms with E-state index in [1.807, 2.05) is 43.3 Å². The number of carbonyl (C=O) groups is 2. The Morgan fingerprint density at radius 1 is 1.07 bits per heavy atom. The molecule has 0 aromatic heterocycles. The van der Waals surface area contributed by atoms with E-state index in [9.17, 15) is 9.59 Å². The van der Waals surface area contributed by atoms with E-state index in [4.69, 9.17) is 14.7 Å². The SMILES string of the molecule is C[C@H](Oc1ccc(C#N)cc1)C(=O)OCC(=O)N(C)[C@H](C)c1ccccc1. The van der Waals surface area contributed by atoms with Gasteiger partial charge in [-0.15, -0.1) is 0 Å². The summed E-state index contributed by atoms with van der Waals surface area (Å²) in [6, 6.07) is 17.9. The average Bonchev–Trinajstić information content (AvgIpc) is 2.71. The molecule has 0 aliphatic heterocycles. The van der Waals surface area contributed by atoms with E-state index in [-0.39, 0.29) is 18.6 Å². The van der Waals surface area contributed by atoms with E-state index in [1.54, 1.807) is 38.2 Å². The van der Waals surface area contributed by atoms with Gasteiger partial charge in [-0.3, -0.25) is 4.79 Å². The normalized spacial score (nSPS) is 12.4. The standard InChI is InChI=1S/C21H22N2O4/c1-15(18-7-5-4-6-8-18)23(3)20(24)14-26-21(25)16(2)27-19-11-9-17(13-22)10-12-19/h4-12,15-16H,14H2,1-3H3/t15-,16+/m1/s1. The predicted octanol–water partition coefficient (Wildman–Crippen LogP) is 3.09. The highest BCUT2D eigenvalue weighted by Gasteiger charge is 2.21. The van der Waals surface area contributed by atoms with Crippen molar-refractivity contribution in [1.29, 1.82) is 5.26 Å². The van der Waals surface area contributed by atoms with Crippen molar-refractivity contribution in [2.24, 2.45) is 0 Å². The number of carbonyl (C=O) groups excluding carboxylic acids is 2. The van der Waals surface area contributed by atoms with Crippen LogP contribution in [-0.2, 0) is 14.3 Å². The molecule has 6 heteroatoms. The number of nitrogens with zero attached hydrogens (tertiary/aromatic N) is 2. The molecule has 27 heavy (non-hydrogen) atoms. The van der Waals surface area contributed by atoms with Crippen molar-refractivity contribution >= 4 is 11.9 Å². The largest absolute Gasteiger partial charge is 0.479 e. The number of nitriles is 1. The van der Waals surface area contributed by atoms with Crippen molar-refractivity contribution in [1.82, 2.24) is 4.90 Å². The van der Waals surface area contributed by atoms with Gasteiger partial charge in [-0.1, -0.05) is 30.3 Å². The lowest BCUT2D eigenvalue weighted by Gasteiger charge is -2.25. The number of amides is 1. The molecule has 0 radical (unpaired) electrons. The molecule has 0 aliphatic carbocycles. The second kappa shape index (κ2) is 9.39. The van der Waals surface area contributed by atoms with Crippen LogP contribution < -0.4 is 4.74 Å². The Balaban J connectivity index is 1.84. The summed E-state index contributed by atoms with van der Waals surface area (Å²) in [5.74, 6) is -0.488. The zero-order chi connectivity index (χ0) is 19.8. The lowest BCUT2D eigenvalue weighted by atomic mass is 10.1. The van der Waals surface area contributed by atoms with Gasteiger partial charge in [0.2, 0.25) is 0 Å². The summed E-state index contributed by atoms with van der Waals surface area (Å²) in [5.41, 5.74) is 1.50. The third-order valence-electron chi connectivity index (χ3n) is 4.22. The number of likely N-dealkylation sites (N-methyl/N-ethyl adjacent to an activating group) is 1. The molecule has 0 fully saturated rings. The summed E-state index contributed by atoms with van der Waals surface area (Å²) in [4.78, 5) is 25.9. The molecule has 0 saturated carbocycles. The zero-order valence-electron chi connectivity index (χ0n) is 15.6. The Morgan fingerprint density at radius 3 is 2.30 bits per heavy atom. The molecular formula is C21H22N2O4. The molecule has 6 nitrogen and oxygen atoms in total. The lowest BCUT2D eigenvalue weighted by Crippen LogP contribution is -2.35. The molecule has 2 aromatic carbocycles.